The minimum Gasteiger partial charge on any atom is -0.352 e. The molecule has 1 atom stereocenters. The molecule has 3 aromatic rings. The smallest absolute Gasteiger partial charge is 0.269 e. The van der Waals surface area contributed by atoms with Crippen molar-refractivity contribution in [3.05, 3.63) is 106 Å². The predicted molar refractivity (Wildman–Crippen MR) is 138 cm³/mol. The van der Waals surface area contributed by atoms with E-state index >= 15 is 0 Å². The van der Waals surface area contributed by atoms with E-state index in [0.29, 0.717) is 29.0 Å². The number of benzene rings is 3. The second-order valence-corrected chi connectivity index (χ2v) is 9.17. The van der Waals surface area contributed by atoms with Gasteiger partial charge in [-0.05, 0) is 23.3 Å². The summed E-state index contributed by atoms with van der Waals surface area (Å²) in [5.74, 6) is 0.381. The van der Waals surface area contributed by atoms with Crippen LogP contribution in [0.3, 0.4) is 0 Å². The zero-order valence-corrected chi connectivity index (χ0v) is 19.9. The number of carbonyl (C=O) groups is 2. The highest BCUT2D eigenvalue weighted by molar-refractivity contribution is 8.13. The molecule has 2 amide bonds. The number of non-ortho nitro benzene ring substituents is 1. The Hall–Kier alpha value is -4.31. The van der Waals surface area contributed by atoms with Crippen molar-refractivity contribution in [2.24, 2.45) is 9.98 Å². The van der Waals surface area contributed by atoms with Gasteiger partial charge in [-0.25, -0.2) is 9.89 Å². The average Bonchev–Trinajstić information content (AvgIpc) is 3.23. The van der Waals surface area contributed by atoms with Crippen molar-refractivity contribution in [1.82, 2.24) is 10.2 Å². The molecule has 0 aliphatic carbocycles. The highest BCUT2D eigenvalue weighted by Crippen LogP contribution is 2.35. The van der Waals surface area contributed by atoms with Crippen LogP contribution in [0.15, 0.2) is 88.8 Å². The first-order chi connectivity index (χ1) is 17.5. The van der Waals surface area contributed by atoms with Gasteiger partial charge in [0, 0.05) is 30.0 Å². The van der Waals surface area contributed by atoms with Crippen molar-refractivity contribution in [3.8, 4) is 0 Å². The van der Waals surface area contributed by atoms with Gasteiger partial charge >= 0.3 is 0 Å². The highest BCUT2D eigenvalue weighted by atomic mass is 32.2. The number of thioether (sulfide) groups is 1. The normalized spacial score (nSPS) is 16.1. The molecule has 0 saturated heterocycles. The Bertz CT molecular complexity index is 1390. The van der Waals surface area contributed by atoms with Crippen molar-refractivity contribution < 1.29 is 14.5 Å². The van der Waals surface area contributed by atoms with Gasteiger partial charge in [0.2, 0.25) is 5.91 Å². The maximum Gasteiger partial charge on any atom is 0.269 e. The van der Waals surface area contributed by atoms with Gasteiger partial charge in [0.05, 0.1) is 17.0 Å². The van der Waals surface area contributed by atoms with Gasteiger partial charge in [0.1, 0.15) is 11.9 Å². The molecule has 2 aliphatic heterocycles. The molecule has 0 spiro atoms. The lowest BCUT2D eigenvalue weighted by molar-refractivity contribution is -0.384. The minimum absolute atomic E-state index is 0.0187. The number of para-hydroxylation sites is 1. The van der Waals surface area contributed by atoms with E-state index in [1.54, 1.807) is 12.1 Å². The molecule has 9 nitrogen and oxygen atoms in total. The van der Waals surface area contributed by atoms with E-state index in [2.05, 4.69) is 15.3 Å². The molecule has 10 heteroatoms. The number of nitro benzene ring substituents is 1. The molecule has 2 heterocycles. The minimum atomic E-state index is -0.841. The summed E-state index contributed by atoms with van der Waals surface area (Å²) in [6.07, 6.45) is -0.0614. The molecule has 2 aliphatic rings. The lowest BCUT2D eigenvalue weighted by Crippen LogP contribution is -2.42. The maximum atomic E-state index is 13.4. The lowest BCUT2D eigenvalue weighted by Gasteiger charge is -2.25. The number of hydrogen-bond acceptors (Lipinski definition) is 7. The van der Waals surface area contributed by atoms with Crippen molar-refractivity contribution in [2.45, 2.75) is 24.8 Å². The first-order valence-electron chi connectivity index (χ1n) is 11.3. The molecule has 0 saturated carbocycles. The van der Waals surface area contributed by atoms with Crippen molar-refractivity contribution in [3.63, 3.8) is 0 Å². The Morgan fingerprint density at radius 3 is 2.47 bits per heavy atom. The van der Waals surface area contributed by atoms with Crippen molar-refractivity contribution in [1.29, 1.82) is 0 Å². The first-order valence-corrected chi connectivity index (χ1v) is 12.2. The van der Waals surface area contributed by atoms with E-state index in [9.17, 15) is 19.7 Å². The number of nitro groups is 1. The standard InChI is InChI=1S/C26H21N5O4S/c32-23(27-15-17-6-2-1-3-7-17)14-22-25(33)30-24(28-22)20-8-4-5-9-21(20)29-26(30)36-16-18-10-12-19(13-11-18)31(34)35/h1-13,22H,14-16H2,(H,27,32)/t22-/m0/s1. The van der Waals surface area contributed by atoms with Crippen LogP contribution in [0.4, 0.5) is 11.4 Å². The molecule has 36 heavy (non-hydrogen) atoms. The SMILES string of the molecule is O=C(C[C@@H]1N=C2c3ccccc3N=C(SCc3ccc([N+](=O)[O-])cc3)N2C1=O)NCc1ccccc1. The molecule has 0 fully saturated rings. The van der Waals surface area contributed by atoms with E-state index in [0.717, 1.165) is 16.7 Å². The fraction of sp³-hybridized carbons (Fsp3) is 0.154. The second-order valence-electron chi connectivity index (χ2n) is 8.23. The second kappa shape index (κ2) is 10.1. The van der Waals surface area contributed by atoms with Crippen LogP contribution in [0, 0.1) is 10.1 Å². The largest absolute Gasteiger partial charge is 0.352 e. The van der Waals surface area contributed by atoms with Crippen molar-refractivity contribution in [2.75, 3.05) is 0 Å². The molecule has 3 aromatic carbocycles. The summed E-state index contributed by atoms with van der Waals surface area (Å²) in [6.45, 7) is 0.376. The third-order valence-corrected chi connectivity index (χ3v) is 6.78. The molecule has 1 N–H and O–H groups in total. The Morgan fingerprint density at radius 1 is 1.00 bits per heavy atom. The van der Waals surface area contributed by atoms with Crippen LogP contribution in [0.1, 0.15) is 23.1 Å². The van der Waals surface area contributed by atoms with Crippen molar-refractivity contribution >= 4 is 46.0 Å². The number of amides is 2. The monoisotopic (exact) mass is 499 g/mol. The fourth-order valence-corrected chi connectivity index (χ4v) is 4.89. The van der Waals surface area contributed by atoms with Gasteiger partial charge in [-0.3, -0.25) is 24.7 Å². The number of nitrogens with zero attached hydrogens (tertiary/aromatic N) is 4. The van der Waals surface area contributed by atoms with E-state index < -0.39 is 11.0 Å². The van der Waals surface area contributed by atoms with Crippen LogP contribution >= 0.6 is 11.8 Å². The maximum absolute atomic E-state index is 13.4. The summed E-state index contributed by atoms with van der Waals surface area (Å²) in [7, 11) is 0. The third-order valence-electron chi connectivity index (χ3n) is 5.77. The molecule has 180 valence electrons. The zero-order valence-electron chi connectivity index (χ0n) is 19.0. The summed E-state index contributed by atoms with van der Waals surface area (Å²) < 4.78 is 0. The molecule has 0 unspecified atom stereocenters. The Balaban J connectivity index is 1.32. The van der Waals surface area contributed by atoms with Gasteiger partial charge in [-0.15, -0.1) is 0 Å². The van der Waals surface area contributed by atoms with Gasteiger partial charge in [-0.2, -0.15) is 0 Å². The number of fused-ring (bicyclic) bond motifs is 3. The van der Waals surface area contributed by atoms with Crippen LogP contribution in [-0.2, 0) is 21.9 Å². The summed E-state index contributed by atoms with van der Waals surface area (Å²) in [4.78, 5) is 47.2. The van der Waals surface area contributed by atoms with Gasteiger partial charge in [-0.1, -0.05) is 66.4 Å². The summed E-state index contributed by atoms with van der Waals surface area (Å²) in [5, 5.41) is 14.2. The third kappa shape index (κ3) is 4.89. The fourth-order valence-electron chi connectivity index (χ4n) is 3.94. The van der Waals surface area contributed by atoms with Crippen LogP contribution in [0.25, 0.3) is 0 Å². The topological polar surface area (TPSA) is 117 Å². The lowest BCUT2D eigenvalue weighted by atomic mass is 10.1. The first kappa shape index (κ1) is 23.4. The van der Waals surface area contributed by atoms with E-state index in [-0.39, 0.29) is 23.9 Å². The summed E-state index contributed by atoms with van der Waals surface area (Å²) in [6, 6.07) is 22.4. The number of aliphatic imine (C=N–C) groups is 2. The highest BCUT2D eigenvalue weighted by Gasteiger charge is 2.42. The quantitative estimate of drug-likeness (QED) is 0.386. The Kier molecular flexibility index (Phi) is 6.59. The molecular formula is C26H21N5O4S. The number of amidine groups is 2. The summed E-state index contributed by atoms with van der Waals surface area (Å²) in [5.41, 5.74) is 3.27. The van der Waals surface area contributed by atoms with Gasteiger partial charge in [0.15, 0.2) is 5.17 Å². The molecule has 0 bridgehead atoms. The number of carbonyl (C=O) groups excluding carboxylic acids is 2. The van der Waals surface area contributed by atoms with E-state index in [4.69, 9.17) is 0 Å². The molecule has 0 radical (unpaired) electrons. The van der Waals surface area contributed by atoms with Crippen LogP contribution in [0.5, 0.6) is 0 Å². The van der Waals surface area contributed by atoms with Crippen LogP contribution < -0.4 is 5.32 Å². The van der Waals surface area contributed by atoms with E-state index in [1.165, 1.54) is 28.8 Å². The van der Waals surface area contributed by atoms with Gasteiger partial charge in [0.25, 0.3) is 11.6 Å². The zero-order chi connectivity index (χ0) is 25.1. The number of rotatable bonds is 7. The number of hydrogen-bond donors (Lipinski definition) is 1. The predicted octanol–water partition coefficient (Wildman–Crippen LogP) is 4.19. The number of nitrogens with one attached hydrogen (secondary N) is 1. The Morgan fingerprint density at radius 2 is 1.72 bits per heavy atom. The average molecular weight is 500 g/mol. The summed E-state index contributed by atoms with van der Waals surface area (Å²) >= 11 is 1.34. The molecule has 5 rings (SSSR count). The van der Waals surface area contributed by atoms with Gasteiger partial charge < -0.3 is 5.32 Å². The van der Waals surface area contributed by atoms with Crippen LogP contribution in [-0.4, -0.2) is 38.7 Å². The van der Waals surface area contributed by atoms with Crippen LogP contribution in [0.2, 0.25) is 0 Å². The molecule has 0 aromatic heterocycles. The van der Waals surface area contributed by atoms with E-state index in [1.807, 2.05) is 54.6 Å². The Labute approximate surface area is 211 Å². The molecular weight excluding hydrogens is 478 g/mol.